The number of fused-ring (bicyclic) bond motifs is 1. The third kappa shape index (κ3) is 5.36. The summed E-state index contributed by atoms with van der Waals surface area (Å²) in [5, 5.41) is 13.2. The van der Waals surface area contributed by atoms with E-state index in [1.54, 1.807) is 12.1 Å². The van der Waals surface area contributed by atoms with Crippen LogP contribution in [0.5, 0.6) is 5.75 Å². The van der Waals surface area contributed by atoms with Gasteiger partial charge in [0.25, 0.3) is 0 Å². The number of nitrogens with zero attached hydrogens (tertiary/aromatic N) is 3. The molecule has 9 nitrogen and oxygen atoms in total. The number of benzene rings is 2. The summed E-state index contributed by atoms with van der Waals surface area (Å²) in [4.78, 5) is 27.3. The number of hydrogen-bond donors (Lipinski definition) is 3. The average molecular weight is 502 g/mol. The lowest BCUT2D eigenvalue weighted by Gasteiger charge is -2.32. The normalized spacial score (nSPS) is 14.1. The van der Waals surface area contributed by atoms with Gasteiger partial charge in [0, 0.05) is 43.0 Å². The maximum Gasteiger partial charge on any atom is 0.339 e. The Morgan fingerprint density at radius 2 is 1.97 bits per heavy atom. The fourth-order valence-corrected chi connectivity index (χ4v) is 4.64. The standard InChI is InChI=1S/C28H31N5O4/c1-3-37-24-17-19(33-14-11-20(34)12-15-33)9-8-18(24)16-25-30-23-10-13-29-26(23)27(32-25)31-22-7-5-4-6-21(22)28(35)36-2/h4-10,13,17,20,29,34H,3,11-12,14-16H2,1-2H3,(H,30,31,32). The molecule has 0 saturated carbocycles. The lowest BCUT2D eigenvalue weighted by Crippen LogP contribution is -2.35. The zero-order chi connectivity index (χ0) is 25.8. The summed E-state index contributed by atoms with van der Waals surface area (Å²) in [6.45, 7) is 4.16. The quantitative estimate of drug-likeness (QED) is 0.304. The van der Waals surface area contributed by atoms with E-state index in [1.165, 1.54) is 7.11 Å². The molecule has 0 radical (unpaired) electrons. The maximum atomic E-state index is 12.3. The van der Waals surface area contributed by atoms with E-state index in [0.29, 0.717) is 35.9 Å². The van der Waals surface area contributed by atoms with E-state index in [0.717, 1.165) is 54.0 Å². The molecule has 192 valence electrons. The zero-order valence-corrected chi connectivity index (χ0v) is 21.0. The van der Waals surface area contributed by atoms with Gasteiger partial charge in [-0.25, -0.2) is 14.8 Å². The smallest absolute Gasteiger partial charge is 0.339 e. The zero-order valence-electron chi connectivity index (χ0n) is 21.0. The summed E-state index contributed by atoms with van der Waals surface area (Å²) in [6, 6.07) is 15.3. The van der Waals surface area contributed by atoms with Crippen LogP contribution in [0.4, 0.5) is 17.2 Å². The number of hydrogen-bond acceptors (Lipinski definition) is 8. The molecule has 0 bridgehead atoms. The number of H-pyrrole nitrogens is 1. The number of aromatic amines is 1. The molecule has 0 atom stereocenters. The fourth-order valence-electron chi connectivity index (χ4n) is 4.64. The summed E-state index contributed by atoms with van der Waals surface area (Å²) in [7, 11) is 1.36. The molecule has 1 aliphatic heterocycles. The van der Waals surface area contributed by atoms with Crippen molar-refractivity contribution in [3.63, 3.8) is 0 Å². The number of aromatic nitrogens is 3. The van der Waals surface area contributed by atoms with Crippen LogP contribution in [0.1, 0.15) is 41.5 Å². The van der Waals surface area contributed by atoms with Gasteiger partial charge in [-0.15, -0.1) is 0 Å². The molecule has 1 saturated heterocycles. The van der Waals surface area contributed by atoms with Crippen LogP contribution in [0.15, 0.2) is 54.7 Å². The summed E-state index contributed by atoms with van der Waals surface area (Å²) in [5.41, 5.74) is 4.60. The predicted octanol–water partition coefficient (Wildman–Crippen LogP) is 4.44. The highest BCUT2D eigenvalue weighted by Crippen LogP contribution is 2.31. The molecule has 1 aliphatic rings. The van der Waals surface area contributed by atoms with E-state index in [9.17, 15) is 9.90 Å². The third-order valence-corrected chi connectivity index (χ3v) is 6.57. The molecule has 4 aromatic rings. The van der Waals surface area contributed by atoms with Gasteiger partial charge in [-0.1, -0.05) is 18.2 Å². The molecule has 37 heavy (non-hydrogen) atoms. The number of ether oxygens (including phenoxy) is 2. The first-order valence-electron chi connectivity index (χ1n) is 12.5. The molecule has 5 rings (SSSR count). The molecule has 3 N–H and O–H groups in total. The first-order chi connectivity index (χ1) is 18.1. The van der Waals surface area contributed by atoms with Crippen molar-refractivity contribution in [3.8, 4) is 5.75 Å². The number of carbonyl (C=O) groups is 1. The summed E-state index contributed by atoms with van der Waals surface area (Å²) >= 11 is 0. The highest BCUT2D eigenvalue weighted by molar-refractivity contribution is 5.98. The second-order valence-electron chi connectivity index (χ2n) is 9.01. The minimum absolute atomic E-state index is 0.218. The lowest BCUT2D eigenvalue weighted by molar-refractivity contribution is 0.0602. The second kappa shape index (κ2) is 10.9. The number of aliphatic hydroxyl groups excluding tert-OH is 1. The van der Waals surface area contributed by atoms with Crippen LogP contribution in [0.25, 0.3) is 11.0 Å². The first kappa shape index (κ1) is 24.6. The lowest BCUT2D eigenvalue weighted by atomic mass is 10.1. The number of piperidine rings is 1. The highest BCUT2D eigenvalue weighted by Gasteiger charge is 2.20. The van der Waals surface area contributed by atoms with Crippen LogP contribution in [-0.4, -0.2) is 58.9 Å². The minimum Gasteiger partial charge on any atom is -0.494 e. The Balaban J connectivity index is 1.45. The van der Waals surface area contributed by atoms with E-state index in [1.807, 2.05) is 31.3 Å². The van der Waals surface area contributed by atoms with Crippen LogP contribution in [0.2, 0.25) is 0 Å². The topological polar surface area (TPSA) is 113 Å². The number of aliphatic hydroxyl groups is 1. The van der Waals surface area contributed by atoms with Gasteiger partial charge in [0.05, 0.1) is 36.6 Å². The van der Waals surface area contributed by atoms with Gasteiger partial charge in [-0.05, 0) is 44.0 Å². The van der Waals surface area contributed by atoms with Gasteiger partial charge < -0.3 is 29.8 Å². The number of methoxy groups -OCH3 is 1. The second-order valence-corrected chi connectivity index (χ2v) is 9.01. The number of esters is 1. The Labute approximate surface area is 215 Å². The minimum atomic E-state index is -0.426. The Kier molecular flexibility index (Phi) is 7.23. The van der Waals surface area contributed by atoms with Crippen LogP contribution in [-0.2, 0) is 11.2 Å². The molecule has 0 unspecified atom stereocenters. The Bertz CT molecular complexity index is 1390. The van der Waals surface area contributed by atoms with Crippen molar-refractivity contribution in [2.45, 2.75) is 32.3 Å². The molecule has 0 spiro atoms. The van der Waals surface area contributed by atoms with Crippen molar-refractivity contribution in [2.24, 2.45) is 0 Å². The third-order valence-electron chi connectivity index (χ3n) is 6.57. The number of rotatable bonds is 8. The SMILES string of the molecule is CCOc1cc(N2CCC(O)CC2)ccc1Cc1nc(Nc2ccccc2C(=O)OC)c2[nH]ccc2n1. The average Bonchev–Trinajstić information content (AvgIpc) is 3.39. The van der Waals surface area contributed by atoms with Crippen molar-refractivity contribution >= 4 is 34.2 Å². The van der Waals surface area contributed by atoms with Crippen molar-refractivity contribution in [1.29, 1.82) is 0 Å². The van der Waals surface area contributed by atoms with Gasteiger partial charge >= 0.3 is 5.97 Å². The van der Waals surface area contributed by atoms with E-state index in [4.69, 9.17) is 19.4 Å². The molecule has 2 aromatic heterocycles. The largest absolute Gasteiger partial charge is 0.494 e. The first-order valence-corrected chi connectivity index (χ1v) is 12.5. The number of para-hydroxylation sites is 1. The molecule has 1 fully saturated rings. The van der Waals surface area contributed by atoms with Crippen LogP contribution in [0, 0.1) is 0 Å². The Morgan fingerprint density at radius 3 is 2.76 bits per heavy atom. The summed E-state index contributed by atoms with van der Waals surface area (Å²) in [5.74, 6) is 1.57. The monoisotopic (exact) mass is 501 g/mol. The molecule has 9 heteroatoms. The Morgan fingerprint density at radius 1 is 1.16 bits per heavy atom. The van der Waals surface area contributed by atoms with E-state index < -0.39 is 5.97 Å². The fraction of sp³-hybridized carbons (Fsp3) is 0.321. The molecular formula is C28H31N5O4. The molecule has 2 aromatic carbocycles. The van der Waals surface area contributed by atoms with E-state index in [2.05, 4.69) is 33.4 Å². The molecule has 3 heterocycles. The van der Waals surface area contributed by atoms with Crippen molar-refractivity contribution in [3.05, 3.63) is 71.7 Å². The number of nitrogens with one attached hydrogen (secondary N) is 2. The number of carbonyl (C=O) groups excluding carboxylic acids is 1. The van der Waals surface area contributed by atoms with Crippen molar-refractivity contribution < 1.29 is 19.4 Å². The predicted molar refractivity (Wildman–Crippen MR) is 143 cm³/mol. The summed E-state index contributed by atoms with van der Waals surface area (Å²) < 4.78 is 10.9. The van der Waals surface area contributed by atoms with Crippen molar-refractivity contribution in [2.75, 3.05) is 37.0 Å². The molecular weight excluding hydrogens is 470 g/mol. The molecule has 0 aliphatic carbocycles. The Hall–Kier alpha value is -4.11. The van der Waals surface area contributed by atoms with Crippen molar-refractivity contribution in [1.82, 2.24) is 15.0 Å². The van der Waals surface area contributed by atoms with E-state index >= 15 is 0 Å². The van der Waals surface area contributed by atoms with Gasteiger partial charge in [-0.2, -0.15) is 0 Å². The number of anilines is 3. The van der Waals surface area contributed by atoms with Crippen LogP contribution >= 0.6 is 0 Å². The van der Waals surface area contributed by atoms with Gasteiger partial charge in [0.2, 0.25) is 0 Å². The highest BCUT2D eigenvalue weighted by atomic mass is 16.5. The van der Waals surface area contributed by atoms with E-state index in [-0.39, 0.29) is 6.10 Å². The maximum absolute atomic E-state index is 12.3. The van der Waals surface area contributed by atoms with Gasteiger partial charge in [-0.3, -0.25) is 0 Å². The van der Waals surface area contributed by atoms with Gasteiger partial charge in [0.1, 0.15) is 17.1 Å². The van der Waals surface area contributed by atoms with Gasteiger partial charge in [0.15, 0.2) is 5.82 Å². The molecule has 0 amide bonds. The van der Waals surface area contributed by atoms with Crippen LogP contribution < -0.4 is 15.0 Å². The van der Waals surface area contributed by atoms with Crippen LogP contribution in [0.3, 0.4) is 0 Å². The summed E-state index contributed by atoms with van der Waals surface area (Å²) in [6.07, 6.45) is 3.61.